The Morgan fingerprint density at radius 2 is 2.14 bits per heavy atom. The predicted molar refractivity (Wildman–Crippen MR) is 72.2 cm³/mol. The van der Waals surface area contributed by atoms with Gasteiger partial charge in [-0.3, -0.25) is 0 Å². The van der Waals surface area contributed by atoms with E-state index in [0.29, 0.717) is 25.3 Å². The first-order valence-electron chi connectivity index (χ1n) is 6.25. The van der Waals surface area contributed by atoms with E-state index in [1.165, 1.54) is 6.07 Å². The molecule has 0 aliphatic heterocycles. The van der Waals surface area contributed by atoms with Crippen molar-refractivity contribution in [3.63, 3.8) is 0 Å². The summed E-state index contributed by atoms with van der Waals surface area (Å²) in [6.45, 7) is -0.886. The highest BCUT2D eigenvalue weighted by molar-refractivity contribution is 5.91. The number of halogens is 3. The first-order chi connectivity index (χ1) is 9.90. The molecule has 1 aromatic heterocycles. The van der Waals surface area contributed by atoms with Crippen molar-refractivity contribution in [3.8, 4) is 5.88 Å². The van der Waals surface area contributed by atoms with Crippen molar-refractivity contribution in [1.82, 2.24) is 4.98 Å². The average molecular weight is 306 g/mol. The lowest BCUT2D eigenvalue weighted by molar-refractivity contribution is -0.118. The van der Waals surface area contributed by atoms with E-state index < -0.39 is 12.7 Å². The first kappa shape index (κ1) is 17.0. The Hall–Kier alpha value is -2.03. The molecule has 1 heterocycles. The molecule has 0 unspecified atom stereocenters. The second-order valence-electron chi connectivity index (χ2n) is 4.08. The summed E-state index contributed by atoms with van der Waals surface area (Å²) in [7, 11) is 0. The van der Waals surface area contributed by atoms with Crippen LogP contribution in [0.5, 0.6) is 5.88 Å². The van der Waals surface area contributed by atoms with Gasteiger partial charge in [0.25, 0.3) is 0 Å². The maximum absolute atomic E-state index is 12.0. The summed E-state index contributed by atoms with van der Waals surface area (Å²) in [5.74, 6) is 0.164. The van der Waals surface area contributed by atoms with Gasteiger partial charge in [0.1, 0.15) is 12.4 Å². The van der Waals surface area contributed by atoms with Crippen LogP contribution in [0.2, 0.25) is 0 Å². The minimum atomic E-state index is -4.41. The third-order valence-electron chi connectivity index (χ3n) is 2.21. The summed E-state index contributed by atoms with van der Waals surface area (Å²) in [4.78, 5) is 7.17. The Morgan fingerprint density at radius 3 is 2.81 bits per heavy atom. The third-order valence-corrected chi connectivity index (χ3v) is 2.21. The van der Waals surface area contributed by atoms with E-state index in [2.05, 4.69) is 15.3 Å². The molecule has 0 atom stereocenters. The largest absolute Gasteiger partial charge is 0.478 e. The van der Waals surface area contributed by atoms with Crippen LogP contribution in [0.15, 0.2) is 23.2 Å². The van der Waals surface area contributed by atoms with Gasteiger partial charge in [0.2, 0.25) is 5.88 Å². The van der Waals surface area contributed by atoms with Crippen molar-refractivity contribution >= 4 is 11.8 Å². The average Bonchev–Trinajstić information content (AvgIpc) is 2.41. The number of guanidine groups is 1. The van der Waals surface area contributed by atoms with Gasteiger partial charge in [0, 0.05) is 12.7 Å². The van der Waals surface area contributed by atoms with E-state index in [1.807, 2.05) is 0 Å². The SMILES string of the molecule is NC(=NCC(F)(F)F)Nc1cccc(OCCCCO)n1. The summed E-state index contributed by atoms with van der Waals surface area (Å²) < 4.78 is 41.3. The highest BCUT2D eigenvalue weighted by atomic mass is 19.4. The van der Waals surface area contributed by atoms with E-state index in [0.717, 1.165) is 0 Å². The number of aliphatic hydroxyl groups excluding tert-OH is 1. The van der Waals surface area contributed by atoms with Gasteiger partial charge in [-0.25, -0.2) is 4.99 Å². The van der Waals surface area contributed by atoms with Crippen LogP contribution in [0.25, 0.3) is 0 Å². The van der Waals surface area contributed by atoms with Crippen molar-refractivity contribution in [2.24, 2.45) is 10.7 Å². The minimum absolute atomic E-state index is 0.0879. The fourth-order valence-electron chi connectivity index (χ4n) is 1.30. The van der Waals surface area contributed by atoms with Crippen LogP contribution in [0, 0.1) is 0 Å². The standard InChI is InChI=1S/C12H17F3N4O2/c13-12(14,15)8-17-11(16)19-9-4-3-5-10(18-9)21-7-2-1-6-20/h3-5,20H,1-2,6-8H2,(H3,16,17,18,19). The van der Waals surface area contributed by atoms with E-state index in [-0.39, 0.29) is 18.4 Å². The number of aromatic nitrogens is 1. The smallest absolute Gasteiger partial charge is 0.408 e. The van der Waals surface area contributed by atoms with Crippen molar-refractivity contribution < 1.29 is 23.0 Å². The number of alkyl halides is 3. The topological polar surface area (TPSA) is 92.8 Å². The highest BCUT2D eigenvalue weighted by Crippen LogP contribution is 2.15. The molecule has 118 valence electrons. The van der Waals surface area contributed by atoms with Gasteiger partial charge in [-0.2, -0.15) is 18.2 Å². The number of anilines is 1. The molecule has 9 heteroatoms. The Morgan fingerprint density at radius 1 is 1.38 bits per heavy atom. The van der Waals surface area contributed by atoms with Crippen LogP contribution < -0.4 is 15.8 Å². The zero-order valence-corrected chi connectivity index (χ0v) is 11.2. The normalized spacial score (nSPS) is 12.3. The number of unbranched alkanes of at least 4 members (excludes halogenated alkanes) is 1. The number of aliphatic imine (C=N–C) groups is 1. The van der Waals surface area contributed by atoms with E-state index >= 15 is 0 Å². The predicted octanol–water partition coefficient (Wildman–Crippen LogP) is 1.52. The number of aliphatic hydroxyl groups is 1. The van der Waals surface area contributed by atoms with E-state index in [1.54, 1.807) is 12.1 Å². The number of nitrogens with two attached hydrogens (primary N) is 1. The van der Waals surface area contributed by atoms with Crippen molar-refractivity contribution in [2.45, 2.75) is 19.0 Å². The molecular weight excluding hydrogens is 289 g/mol. The molecule has 0 aliphatic rings. The molecule has 0 fully saturated rings. The van der Waals surface area contributed by atoms with Crippen LogP contribution in [0.3, 0.4) is 0 Å². The highest BCUT2D eigenvalue weighted by Gasteiger charge is 2.26. The Kier molecular flexibility index (Phi) is 6.73. The van der Waals surface area contributed by atoms with Crippen LogP contribution in [-0.2, 0) is 0 Å². The number of pyridine rings is 1. The van der Waals surface area contributed by atoms with Crippen LogP contribution in [0.4, 0.5) is 19.0 Å². The number of hydrogen-bond acceptors (Lipinski definition) is 4. The molecule has 0 spiro atoms. The minimum Gasteiger partial charge on any atom is -0.478 e. The second kappa shape index (κ2) is 8.30. The lowest BCUT2D eigenvalue weighted by Gasteiger charge is -2.08. The van der Waals surface area contributed by atoms with Crippen molar-refractivity contribution in [3.05, 3.63) is 18.2 Å². The van der Waals surface area contributed by atoms with Gasteiger partial charge in [0.15, 0.2) is 5.96 Å². The molecule has 4 N–H and O–H groups in total. The molecule has 0 saturated heterocycles. The summed E-state index contributed by atoms with van der Waals surface area (Å²) >= 11 is 0. The lowest BCUT2D eigenvalue weighted by Crippen LogP contribution is -2.26. The summed E-state index contributed by atoms with van der Waals surface area (Å²) in [6.07, 6.45) is -3.11. The fourth-order valence-corrected chi connectivity index (χ4v) is 1.30. The van der Waals surface area contributed by atoms with Crippen LogP contribution in [-0.4, -0.2) is 42.0 Å². The summed E-state index contributed by atoms with van der Waals surface area (Å²) in [5.41, 5.74) is 5.33. The van der Waals surface area contributed by atoms with Crippen molar-refractivity contribution in [2.75, 3.05) is 25.1 Å². The van der Waals surface area contributed by atoms with Gasteiger partial charge < -0.3 is 20.9 Å². The summed E-state index contributed by atoms with van der Waals surface area (Å²) in [6, 6.07) is 4.75. The molecule has 21 heavy (non-hydrogen) atoms. The molecule has 0 amide bonds. The molecular formula is C12H17F3N4O2. The van der Waals surface area contributed by atoms with Gasteiger partial charge in [-0.15, -0.1) is 0 Å². The molecule has 1 rings (SSSR count). The molecule has 6 nitrogen and oxygen atoms in total. The second-order valence-corrected chi connectivity index (χ2v) is 4.08. The fraction of sp³-hybridized carbons (Fsp3) is 0.500. The quantitative estimate of drug-likeness (QED) is 0.403. The van der Waals surface area contributed by atoms with Gasteiger partial charge in [-0.1, -0.05) is 6.07 Å². The Bertz CT molecular complexity index is 466. The van der Waals surface area contributed by atoms with E-state index in [9.17, 15) is 13.2 Å². The number of nitrogens with zero attached hydrogens (tertiary/aromatic N) is 2. The Balaban J connectivity index is 2.52. The number of rotatable bonds is 7. The molecule has 0 aliphatic carbocycles. The molecule has 0 bridgehead atoms. The van der Waals surface area contributed by atoms with Gasteiger partial charge in [0.05, 0.1) is 6.61 Å². The zero-order valence-electron chi connectivity index (χ0n) is 11.2. The maximum Gasteiger partial charge on any atom is 0.408 e. The molecule has 1 aromatic rings. The first-order valence-corrected chi connectivity index (χ1v) is 6.25. The molecule has 0 saturated carbocycles. The molecule has 0 aromatic carbocycles. The number of hydrogen-bond donors (Lipinski definition) is 3. The monoisotopic (exact) mass is 306 g/mol. The molecule has 0 radical (unpaired) electrons. The Labute approximate surface area is 119 Å². The maximum atomic E-state index is 12.0. The van der Waals surface area contributed by atoms with Gasteiger partial charge >= 0.3 is 6.18 Å². The lowest BCUT2D eigenvalue weighted by atomic mass is 10.3. The van der Waals surface area contributed by atoms with Crippen LogP contribution in [0.1, 0.15) is 12.8 Å². The summed E-state index contributed by atoms with van der Waals surface area (Å²) in [5, 5.41) is 11.1. The van der Waals surface area contributed by atoms with Crippen LogP contribution >= 0.6 is 0 Å². The zero-order chi connectivity index (χ0) is 15.7. The number of ether oxygens (including phenoxy) is 1. The van der Waals surface area contributed by atoms with Gasteiger partial charge in [-0.05, 0) is 18.9 Å². The third kappa shape index (κ3) is 7.98. The number of nitrogens with one attached hydrogen (secondary N) is 1. The van der Waals surface area contributed by atoms with Crippen molar-refractivity contribution in [1.29, 1.82) is 0 Å². The van der Waals surface area contributed by atoms with E-state index in [4.69, 9.17) is 15.6 Å².